The van der Waals surface area contributed by atoms with Gasteiger partial charge in [-0.15, -0.1) is 0 Å². The summed E-state index contributed by atoms with van der Waals surface area (Å²) in [5, 5.41) is 2.41. The van der Waals surface area contributed by atoms with Crippen LogP contribution in [0.4, 0.5) is 18.9 Å². The van der Waals surface area contributed by atoms with Crippen molar-refractivity contribution in [3.05, 3.63) is 29.8 Å². The fourth-order valence-electron chi connectivity index (χ4n) is 3.18. The third-order valence-electron chi connectivity index (χ3n) is 4.19. The molecule has 2 fully saturated rings. The lowest BCUT2D eigenvalue weighted by molar-refractivity contribution is -0.137. The molecule has 3 N–H and O–H groups in total. The highest BCUT2D eigenvalue weighted by Crippen LogP contribution is 2.36. The topological polar surface area (TPSA) is 53.2 Å². The monoisotopic (exact) mass is 299 g/mol. The second kappa shape index (κ2) is 5.31. The lowest BCUT2D eigenvalue weighted by Gasteiger charge is -2.18. The largest absolute Gasteiger partial charge is 0.418 e. The molecular formula is C14H16F3N3O. The third kappa shape index (κ3) is 2.75. The van der Waals surface area contributed by atoms with Gasteiger partial charge in [-0.2, -0.15) is 13.2 Å². The molecule has 7 heteroatoms. The summed E-state index contributed by atoms with van der Waals surface area (Å²) < 4.78 is 38.7. The molecule has 0 aromatic heterocycles. The summed E-state index contributed by atoms with van der Waals surface area (Å²) in [5.41, 5.74) is 4.92. The first-order valence-corrected chi connectivity index (χ1v) is 6.95. The molecule has 1 aromatic rings. The summed E-state index contributed by atoms with van der Waals surface area (Å²) in [6.07, 6.45) is -1.56. The van der Waals surface area contributed by atoms with E-state index in [1.807, 2.05) is 0 Å². The van der Waals surface area contributed by atoms with E-state index in [2.05, 4.69) is 16.2 Å². The predicted octanol–water partition coefficient (Wildman–Crippen LogP) is 2.29. The molecule has 4 nitrogen and oxygen atoms in total. The van der Waals surface area contributed by atoms with E-state index in [0.29, 0.717) is 0 Å². The predicted molar refractivity (Wildman–Crippen MR) is 71.3 cm³/mol. The zero-order chi connectivity index (χ0) is 15.0. The maximum Gasteiger partial charge on any atom is 0.418 e. The maximum atomic E-state index is 12.9. The van der Waals surface area contributed by atoms with Crippen LogP contribution in [0.15, 0.2) is 24.3 Å². The summed E-state index contributed by atoms with van der Waals surface area (Å²) in [6, 6.07) is 4.77. The number of nitrogens with one attached hydrogen (secondary N) is 3. The molecule has 21 heavy (non-hydrogen) atoms. The molecule has 1 saturated carbocycles. The van der Waals surface area contributed by atoms with Crippen LogP contribution in [-0.4, -0.2) is 18.0 Å². The van der Waals surface area contributed by atoms with Gasteiger partial charge in [-0.1, -0.05) is 18.6 Å². The van der Waals surface area contributed by atoms with Crippen LogP contribution in [-0.2, 0) is 11.0 Å². The van der Waals surface area contributed by atoms with Gasteiger partial charge in [0, 0.05) is 12.0 Å². The van der Waals surface area contributed by atoms with Crippen molar-refractivity contribution >= 4 is 11.6 Å². The van der Waals surface area contributed by atoms with E-state index in [-0.39, 0.29) is 17.6 Å². The van der Waals surface area contributed by atoms with Crippen LogP contribution >= 0.6 is 0 Å². The summed E-state index contributed by atoms with van der Waals surface area (Å²) >= 11 is 0. The van der Waals surface area contributed by atoms with Crippen molar-refractivity contribution in [3.63, 3.8) is 0 Å². The molecule has 1 aliphatic heterocycles. The van der Waals surface area contributed by atoms with Crippen molar-refractivity contribution in [3.8, 4) is 0 Å². The number of carbonyl (C=O) groups excluding carboxylic acids is 1. The van der Waals surface area contributed by atoms with E-state index < -0.39 is 23.7 Å². The van der Waals surface area contributed by atoms with E-state index in [4.69, 9.17) is 0 Å². The van der Waals surface area contributed by atoms with E-state index >= 15 is 0 Å². The molecule has 3 unspecified atom stereocenters. The molecule has 1 saturated heterocycles. The average Bonchev–Trinajstić information content (AvgIpc) is 2.99. The summed E-state index contributed by atoms with van der Waals surface area (Å²) in [6.45, 7) is 0. The molecule has 3 atom stereocenters. The third-order valence-corrected chi connectivity index (χ3v) is 4.19. The number of hydrogen-bond donors (Lipinski definition) is 3. The Balaban J connectivity index is 1.76. The van der Waals surface area contributed by atoms with Crippen LogP contribution in [0.2, 0.25) is 0 Å². The van der Waals surface area contributed by atoms with Gasteiger partial charge >= 0.3 is 6.18 Å². The van der Waals surface area contributed by atoms with Crippen molar-refractivity contribution < 1.29 is 18.0 Å². The Morgan fingerprint density at radius 2 is 1.95 bits per heavy atom. The second-order valence-corrected chi connectivity index (χ2v) is 5.50. The molecule has 0 spiro atoms. The van der Waals surface area contributed by atoms with Crippen molar-refractivity contribution in [2.24, 2.45) is 5.92 Å². The minimum atomic E-state index is -4.48. The minimum absolute atomic E-state index is 0.142. The Morgan fingerprint density at radius 3 is 2.71 bits per heavy atom. The quantitative estimate of drug-likeness (QED) is 0.785. The fourth-order valence-corrected chi connectivity index (χ4v) is 3.18. The van der Waals surface area contributed by atoms with Gasteiger partial charge in [-0.05, 0) is 25.0 Å². The first-order valence-electron chi connectivity index (χ1n) is 6.95. The smallest absolute Gasteiger partial charge is 0.324 e. The Labute approximate surface area is 120 Å². The summed E-state index contributed by atoms with van der Waals surface area (Å²) in [4.78, 5) is 12.3. The number of alkyl halides is 3. The molecule has 1 aliphatic carbocycles. The van der Waals surface area contributed by atoms with Crippen LogP contribution in [0, 0.1) is 5.92 Å². The number of rotatable bonds is 2. The number of amides is 1. The first kappa shape index (κ1) is 14.3. The maximum absolute atomic E-state index is 12.9. The number of hydrazine groups is 1. The number of fused-ring (bicyclic) bond motifs is 1. The van der Waals surface area contributed by atoms with Crippen LogP contribution in [0.5, 0.6) is 0 Å². The van der Waals surface area contributed by atoms with Crippen LogP contribution in [0.3, 0.4) is 0 Å². The van der Waals surface area contributed by atoms with Gasteiger partial charge < -0.3 is 5.32 Å². The SMILES string of the molecule is O=C(Nc1ccccc1C(F)(F)F)C1NNC2CCCC21. The van der Waals surface area contributed by atoms with Crippen molar-refractivity contribution in [2.45, 2.75) is 37.5 Å². The van der Waals surface area contributed by atoms with E-state index in [1.165, 1.54) is 18.2 Å². The molecule has 1 amide bonds. The number of para-hydroxylation sites is 1. The summed E-state index contributed by atoms with van der Waals surface area (Å²) in [5.74, 6) is -0.281. The van der Waals surface area contributed by atoms with E-state index in [0.717, 1.165) is 25.3 Å². The van der Waals surface area contributed by atoms with Crippen molar-refractivity contribution in [2.75, 3.05) is 5.32 Å². The van der Waals surface area contributed by atoms with Crippen LogP contribution in [0.25, 0.3) is 0 Å². The Morgan fingerprint density at radius 1 is 1.19 bits per heavy atom. The zero-order valence-corrected chi connectivity index (χ0v) is 11.2. The lowest BCUT2D eigenvalue weighted by Crippen LogP contribution is -2.42. The summed E-state index contributed by atoms with van der Waals surface area (Å²) in [7, 11) is 0. The highest BCUT2D eigenvalue weighted by Gasteiger charge is 2.43. The number of halogens is 3. The van der Waals surface area contributed by atoms with Crippen LogP contribution < -0.4 is 16.2 Å². The lowest BCUT2D eigenvalue weighted by atomic mass is 9.96. The van der Waals surface area contributed by atoms with Gasteiger partial charge in [-0.3, -0.25) is 10.2 Å². The minimum Gasteiger partial charge on any atom is -0.324 e. The van der Waals surface area contributed by atoms with E-state index in [1.54, 1.807) is 0 Å². The van der Waals surface area contributed by atoms with Crippen molar-refractivity contribution in [1.82, 2.24) is 10.9 Å². The molecule has 1 aromatic carbocycles. The highest BCUT2D eigenvalue weighted by molar-refractivity contribution is 5.96. The van der Waals surface area contributed by atoms with Crippen molar-refractivity contribution in [1.29, 1.82) is 0 Å². The van der Waals surface area contributed by atoms with Gasteiger partial charge in [0.1, 0.15) is 6.04 Å². The van der Waals surface area contributed by atoms with Gasteiger partial charge in [0.25, 0.3) is 0 Å². The number of carbonyl (C=O) groups is 1. The van der Waals surface area contributed by atoms with Gasteiger partial charge in [-0.25, -0.2) is 5.43 Å². The zero-order valence-electron chi connectivity index (χ0n) is 11.2. The Bertz CT molecular complexity index is 547. The van der Waals surface area contributed by atoms with Gasteiger partial charge in [0.15, 0.2) is 0 Å². The number of benzene rings is 1. The molecular weight excluding hydrogens is 283 g/mol. The molecule has 0 bridgehead atoms. The average molecular weight is 299 g/mol. The second-order valence-electron chi connectivity index (χ2n) is 5.50. The van der Waals surface area contributed by atoms with E-state index in [9.17, 15) is 18.0 Å². The highest BCUT2D eigenvalue weighted by atomic mass is 19.4. The van der Waals surface area contributed by atoms with Gasteiger partial charge in [0.05, 0.1) is 11.3 Å². The fraction of sp³-hybridized carbons (Fsp3) is 0.500. The molecule has 114 valence electrons. The van der Waals surface area contributed by atoms with Crippen LogP contribution in [0.1, 0.15) is 24.8 Å². The molecule has 2 aliphatic rings. The first-order chi connectivity index (χ1) is 9.97. The Kier molecular flexibility index (Phi) is 3.62. The number of hydrogen-bond acceptors (Lipinski definition) is 3. The standard InChI is InChI=1S/C14H16F3N3O/c15-14(16,17)9-5-1-2-6-11(9)18-13(21)12-8-4-3-7-10(8)19-20-12/h1-2,5-6,8,10,12,19-20H,3-4,7H2,(H,18,21). The normalized spacial score (nSPS) is 28.4. The number of anilines is 1. The molecule has 0 radical (unpaired) electrons. The Hall–Kier alpha value is -1.60. The molecule has 1 heterocycles. The molecule has 3 rings (SSSR count). The van der Waals surface area contributed by atoms with Gasteiger partial charge in [0.2, 0.25) is 5.91 Å².